The molecule has 32 heavy (non-hydrogen) atoms. The third kappa shape index (κ3) is 5.64. The van der Waals surface area contributed by atoms with E-state index in [9.17, 15) is 17.6 Å². The molecule has 0 saturated heterocycles. The van der Waals surface area contributed by atoms with E-state index in [0.29, 0.717) is 16.8 Å². The molecule has 0 radical (unpaired) electrons. The number of sulfonamides is 1. The average Bonchev–Trinajstić information content (AvgIpc) is 2.76. The largest absolute Gasteiger partial charge is 0.350 e. The fourth-order valence-electron chi connectivity index (χ4n) is 3.17. The van der Waals surface area contributed by atoms with Gasteiger partial charge in [-0.15, -0.1) is 0 Å². The minimum atomic E-state index is -3.72. The Morgan fingerprint density at radius 1 is 1.00 bits per heavy atom. The van der Waals surface area contributed by atoms with Crippen molar-refractivity contribution >= 4 is 33.2 Å². The maximum atomic E-state index is 14.3. The van der Waals surface area contributed by atoms with E-state index in [4.69, 9.17) is 11.6 Å². The average molecular weight is 476 g/mol. The second kappa shape index (κ2) is 10.1. The van der Waals surface area contributed by atoms with Gasteiger partial charge in [0, 0.05) is 28.4 Å². The molecule has 6 nitrogen and oxygen atoms in total. The standard InChI is InChI=1S/C23H23ClFN3O3S/c1-28(2)21(22-19(24)9-6-10-20(22)25)15-26-23(29)16-11-13-17(14-12-16)27-32(30,31)18-7-4-3-5-8-18/h3-14,21,27H,15H2,1-2H3,(H,26,29). The fourth-order valence-corrected chi connectivity index (χ4v) is 4.54. The van der Waals surface area contributed by atoms with Crippen LogP contribution in [0.25, 0.3) is 0 Å². The molecule has 0 aliphatic rings. The summed E-state index contributed by atoms with van der Waals surface area (Å²) in [5.74, 6) is -0.817. The van der Waals surface area contributed by atoms with Gasteiger partial charge in [-0.2, -0.15) is 0 Å². The molecule has 0 aliphatic carbocycles. The minimum Gasteiger partial charge on any atom is -0.350 e. The van der Waals surface area contributed by atoms with Crippen LogP contribution in [0.5, 0.6) is 0 Å². The first kappa shape index (κ1) is 23.7. The number of halogens is 2. The molecule has 2 N–H and O–H groups in total. The summed E-state index contributed by atoms with van der Waals surface area (Å²) >= 11 is 6.18. The van der Waals surface area contributed by atoms with Crippen molar-refractivity contribution < 1.29 is 17.6 Å². The van der Waals surface area contributed by atoms with E-state index in [1.165, 1.54) is 48.5 Å². The number of likely N-dealkylation sites (N-methyl/N-ethyl adjacent to an activating group) is 1. The molecular weight excluding hydrogens is 453 g/mol. The van der Waals surface area contributed by atoms with Crippen LogP contribution in [0.2, 0.25) is 5.02 Å². The van der Waals surface area contributed by atoms with Crippen molar-refractivity contribution in [3.63, 3.8) is 0 Å². The van der Waals surface area contributed by atoms with Gasteiger partial charge >= 0.3 is 0 Å². The summed E-state index contributed by atoms with van der Waals surface area (Å²) in [5.41, 5.74) is 0.977. The van der Waals surface area contributed by atoms with Crippen LogP contribution in [-0.2, 0) is 10.0 Å². The number of amides is 1. The molecule has 0 spiro atoms. The number of anilines is 1. The van der Waals surface area contributed by atoms with Crippen LogP contribution in [0.15, 0.2) is 77.7 Å². The molecule has 168 valence electrons. The zero-order valence-corrected chi connectivity index (χ0v) is 19.1. The lowest BCUT2D eigenvalue weighted by atomic mass is 10.0. The first-order chi connectivity index (χ1) is 15.2. The quantitative estimate of drug-likeness (QED) is 0.508. The Kier molecular flexibility index (Phi) is 7.50. The Labute approximate surface area is 192 Å². The van der Waals surface area contributed by atoms with Crippen molar-refractivity contribution in [3.05, 3.63) is 94.8 Å². The maximum Gasteiger partial charge on any atom is 0.261 e. The lowest BCUT2D eigenvalue weighted by Gasteiger charge is -2.26. The van der Waals surface area contributed by atoms with E-state index >= 15 is 0 Å². The Morgan fingerprint density at radius 2 is 1.66 bits per heavy atom. The number of hydrogen-bond acceptors (Lipinski definition) is 4. The lowest BCUT2D eigenvalue weighted by Crippen LogP contribution is -2.35. The smallest absolute Gasteiger partial charge is 0.261 e. The van der Waals surface area contributed by atoms with E-state index in [-0.39, 0.29) is 22.4 Å². The highest BCUT2D eigenvalue weighted by atomic mass is 35.5. The normalized spacial score (nSPS) is 12.4. The molecule has 1 amide bonds. The molecule has 3 rings (SSSR count). The van der Waals surface area contributed by atoms with E-state index in [0.717, 1.165) is 0 Å². The Balaban J connectivity index is 1.68. The maximum absolute atomic E-state index is 14.3. The zero-order chi connectivity index (χ0) is 23.3. The molecule has 0 saturated carbocycles. The van der Waals surface area contributed by atoms with E-state index < -0.39 is 21.9 Å². The van der Waals surface area contributed by atoms with E-state index in [1.54, 1.807) is 43.3 Å². The molecular formula is C23H23ClFN3O3S. The van der Waals surface area contributed by atoms with Crippen molar-refractivity contribution in [1.82, 2.24) is 10.2 Å². The Morgan fingerprint density at radius 3 is 2.25 bits per heavy atom. The summed E-state index contributed by atoms with van der Waals surface area (Å²) in [6.07, 6.45) is 0. The molecule has 1 atom stereocenters. The van der Waals surface area contributed by atoms with Gasteiger partial charge < -0.3 is 10.2 Å². The third-order valence-corrected chi connectivity index (χ3v) is 6.59. The number of nitrogens with one attached hydrogen (secondary N) is 2. The highest BCUT2D eigenvalue weighted by Crippen LogP contribution is 2.28. The van der Waals surface area contributed by atoms with Crippen LogP contribution < -0.4 is 10.0 Å². The van der Waals surface area contributed by atoms with Gasteiger partial charge in [0.25, 0.3) is 15.9 Å². The zero-order valence-electron chi connectivity index (χ0n) is 17.5. The first-order valence-corrected chi connectivity index (χ1v) is 11.6. The number of nitrogens with zero attached hydrogens (tertiary/aromatic N) is 1. The summed E-state index contributed by atoms with van der Waals surface area (Å²) < 4.78 is 41.6. The van der Waals surface area contributed by atoms with Gasteiger partial charge in [-0.3, -0.25) is 9.52 Å². The molecule has 1 unspecified atom stereocenters. The van der Waals surface area contributed by atoms with Crippen LogP contribution in [-0.4, -0.2) is 39.9 Å². The van der Waals surface area contributed by atoms with Crippen LogP contribution in [0, 0.1) is 5.82 Å². The van der Waals surface area contributed by atoms with Gasteiger partial charge in [-0.1, -0.05) is 35.9 Å². The van der Waals surface area contributed by atoms with Gasteiger partial charge in [0.1, 0.15) is 5.82 Å². The number of carbonyl (C=O) groups is 1. The number of hydrogen-bond donors (Lipinski definition) is 2. The predicted octanol–water partition coefficient (Wildman–Crippen LogP) is 4.31. The topological polar surface area (TPSA) is 78.5 Å². The van der Waals surface area contributed by atoms with Crippen LogP contribution in [0.4, 0.5) is 10.1 Å². The second-order valence-electron chi connectivity index (χ2n) is 7.32. The molecule has 0 fully saturated rings. The van der Waals surface area contributed by atoms with Crippen molar-refractivity contribution in [2.75, 3.05) is 25.4 Å². The molecule has 9 heteroatoms. The minimum absolute atomic E-state index is 0.134. The molecule has 0 heterocycles. The second-order valence-corrected chi connectivity index (χ2v) is 9.41. The molecule has 0 bridgehead atoms. The van der Waals surface area contributed by atoms with Crippen molar-refractivity contribution in [1.29, 1.82) is 0 Å². The molecule has 3 aromatic carbocycles. The van der Waals surface area contributed by atoms with E-state index in [2.05, 4.69) is 10.0 Å². The Bertz CT molecular complexity index is 1170. The monoisotopic (exact) mass is 475 g/mol. The van der Waals surface area contributed by atoms with Gasteiger partial charge in [-0.25, -0.2) is 12.8 Å². The molecule has 0 aliphatic heterocycles. The SMILES string of the molecule is CN(C)C(CNC(=O)c1ccc(NS(=O)(=O)c2ccccc2)cc1)c1c(F)cccc1Cl. The van der Waals surface area contributed by atoms with E-state index in [1.807, 2.05) is 0 Å². The number of rotatable bonds is 8. The van der Waals surface area contributed by atoms with Crippen LogP contribution in [0.1, 0.15) is 22.0 Å². The fraction of sp³-hybridized carbons (Fsp3) is 0.174. The van der Waals surface area contributed by atoms with Crippen molar-refractivity contribution in [3.8, 4) is 0 Å². The predicted molar refractivity (Wildman–Crippen MR) is 124 cm³/mol. The van der Waals surface area contributed by atoms with Gasteiger partial charge in [-0.05, 0) is 62.6 Å². The van der Waals surface area contributed by atoms with Crippen molar-refractivity contribution in [2.24, 2.45) is 0 Å². The van der Waals surface area contributed by atoms with Gasteiger partial charge in [0.15, 0.2) is 0 Å². The summed E-state index contributed by atoms with van der Waals surface area (Å²) in [5, 5.41) is 3.07. The Hall–Kier alpha value is -2.94. The number of carbonyl (C=O) groups excluding carboxylic acids is 1. The number of benzene rings is 3. The third-order valence-electron chi connectivity index (χ3n) is 4.87. The van der Waals surface area contributed by atoms with Crippen LogP contribution >= 0.6 is 11.6 Å². The highest BCUT2D eigenvalue weighted by Gasteiger charge is 2.22. The van der Waals surface area contributed by atoms with Crippen LogP contribution in [0.3, 0.4) is 0 Å². The summed E-state index contributed by atoms with van der Waals surface area (Å²) in [4.78, 5) is 14.5. The molecule has 0 aromatic heterocycles. The van der Waals surface area contributed by atoms with Gasteiger partial charge in [0.2, 0.25) is 0 Å². The summed E-state index contributed by atoms with van der Waals surface area (Å²) in [7, 11) is -0.178. The highest BCUT2D eigenvalue weighted by molar-refractivity contribution is 7.92. The van der Waals surface area contributed by atoms with Crippen molar-refractivity contribution in [2.45, 2.75) is 10.9 Å². The molecule has 3 aromatic rings. The first-order valence-electron chi connectivity index (χ1n) is 9.75. The summed E-state index contributed by atoms with van der Waals surface area (Å²) in [6, 6.07) is 18.0. The van der Waals surface area contributed by atoms with Gasteiger partial charge in [0.05, 0.1) is 10.9 Å². The lowest BCUT2D eigenvalue weighted by molar-refractivity contribution is 0.0941. The summed E-state index contributed by atoms with van der Waals surface area (Å²) in [6.45, 7) is 0.134.